The fourth-order valence-corrected chi connectivity index (χ4v) is 5.11. The number of nitrogens with one attached hydrogen (secondary N) is 2. The number of nitrogens with zero attached hydrogens (tertiary/aromatic N) is 2. The van der Waals surface area contributed by atoms with Gasteiger partial charge in [-0.05, 0) is 40.7 Å². The van der Waals surface area contributed by atoms with Crippen LogP contribution in [0.15, 0.2) is 33.1 Å². The minimum absolute atomic E-state index is 0.193. The number of halogens is 1. The van der Waals surface area contributed by atoms with Gasteiger partial charge in [-0.15, -0.1) is 16.4 Å². The van der Waals surface area contributed by atoms with Gasteiger partial charge in [-0.2, -0.15) is 5.10 Å². The van der Waals surface area contributed by atoms with E-state index in [0.717, 1.165) is 11.4 Å². The molecular weight excluding hydrogens is 364 g/mol. The van der Waals surface area contributed by atoms with Gasteiger partial charge in [0.05, 0.1) is 3.79 Å². The average Bonchev–Trinajstić information content (AvgIpc) is 2.79. The largest absolute Gasteiger partial charge is 0.312 e. The molecule has 20 heavy (non-hydrogen) atoms. The van der Waals surface area contributed by atoms with Crippen LogP contribution >= 0.6 is 27.3 Å². The van der Waals surface area contributed by atoms with Gasteiger partial charge in [-0.1, -0.05) is 6.92 Å². The SMILES string of the molecule is CCNCc1cc(S(=O)(=O)Nc2cccnn2)c(Br)s1. The number of sulfonamides is 1. The minimum atomic E-state index is -3.66. The molecule has 2 rings (SSSR count). The highest BCUT2D eigenvalue weighted by Crippen LogP contribution is 2.32. The highest BCUT2D eigenvalue weighted by atomic mass is 79.9. The summed E-state index contributed by atoms with van der Waals surface area (Å²) < 4.78 is 27.5. The van der Waals surface area contributed by atoms with Gasteiger partial charge >= 0.3 is 0 Å². The maximum Gasteiger partial charge on any atom is 0.265 e. The van der Waals surface area contributed by atoms with Crippen LogP contribution in [0.25, 0.3) is 0 Å². The monoisotopic (exact) mass is 376 g/mol. The molecule has 2 aromatic rings. The smallest absolute Gasteiger partial charge is 0.265 e. The first-order valence-corrected chi connectivity index (χ1v) is 8.91. The van der Waals surface area contributed by atoms with Crippen LogP contribution in [0.1, 0.15) is 11.8 Å². The molecule has 0 atom stereocenters. The summed E-state index contributed by atoms with van der Waals surface area (Å²) in [6, 6.07) is 4.81. The van der Waals surface area contributed by atoms with E-state index in [1.165, 1.54) is 17.5 Å². The van der Waals surface area contributed by atoms with Crippen LogP contribution in [0, 0.1) is 0 Å². The average molecular weight is 377 g/mol. The Morgan fingerprint density at radius 3 is 2.90 bits per heavy atom. The van der Waals surface area contributed by atoms with E-state index in [1.807, 2.05) is 6.92 Å². The zero-order valence-corrected chi connectivity index (χ0v) is 13.8. The molecule has 0 aliphatic heterocycles. The standard InChI is InChI=1S/C11H13BrN4O2S2/c1-2-13-7-8-6-9(11(12)19-8)20(17,18)16-10-4-3-5-14-15-10/h3-6,13H,2,7H2,1H3,(H,15,16). The van der Waals surface area contributed by atoms with Crippen LogP contribution in [0.5, 0.6) is 0 Å². The Morgan fingerprint density at radius 1 is 1.45 bits per heavy atom. The summed E-state index contributed by atoms with van der Waals surface area (Å²) in [6.07, 6.45) is 1.48. The lowest BCUT2D eigenvalue weighted by atomic mass is 10.4. The minimum Gasteiger partial charge on any atom is -0.312 e. The molecule has 0 spiro atoms. The summed E-state index contributed by atoms with van der Waals surface area (Å²) in [5.74, 6) is 0.193. The fraction of sp³-hybridized carbons (Fsp3) is 0.273. The number of thiophene rings is 1. The first-order chi connectivity index (χ1) is 9.53. The van der Waals surface area contributed by atoms with Crippen LogP contribution in [0.3, 0.4) is 0 Å². The first-order valence-electron chi connectivity index (χ1n) is 5.82. The third-order valence-electron chi connectivity index (χ3n) is 2.36. The zero-order chi connectivity index (χ0) is 14.6. The quantitative estimate of drug-likeness (QED) is 0.807. The lowest BCUT2D eigenvalue weighted by Gasteiger charge is -2.04. The van der Waals surface area contributed by atoms with Crippen molar-refractivity contribution in [1.29, 1.82) is 0 Å². The Kier molecular flexibility index (Phi) is 5.08. The lowest BCUT2D eigenvalue weighted by molar-refractivity contribution is 0.600. The van der Waals surface area contributed by atoms with Gasteiger partial charge in [0.25, 0.3) is 10.0 Å². The molecule has 9 heteroatoms. The molecule has 0 saturated carbocycles. The molecule has 2 heterocycles. The Labute approximate surface area is 129 Å². The molecular formula is C11H13BrN4O2S2. The molecule has 0 amide bonds. The first kappa shape index (κ1) is 15.4. The second-order valence-electron chi connectivity index (χ2n) is 3.85. The van der Waals surface area contributed by atoms with Crippen molar-refractivity contribution in [3.8, 4) is 0 Å². The normalized spacial score (nSPS) is 11.5. The number of hydrogen-bond acceptors (Lipinski definition) is 6. The van der Waals surface area contributed by atoms with Crippen LogP contribution in [-0.2, 0) is 16.6 Å². The molecule has 108 valence electrons. The lowest BCUT2D eigenvalue weighted by Crippen LogP contribution is -2.14. The zero-order valence-electron chi connectivity index (χ0n) is 10.6. The molecule has 0 fully saturated rings. The Morgan fingerprint density at radius 2 is 2.25 bits per heavy atom. The van der Waals surface area contributed by atoms with E-state index in [2.05, 4.69) is 36.2 Å². The van der Waals surface area contributed by atoms with Gasteiger partial charge in [0, 0.05) is 17.6 Å². The fourth-order valence-electron chi connectivity index (χ4n) is 1.46. The van der Waals surface area contributed by atoms with Gasteiger partial charge < -0.3 is 5.32 Å². The van der Waals surface area contributed by atoms with Crippen molar-refractivity contribution in [3.63, 3.8) is 0 Å². The molecule has 0 bridgehead atoms. The van der Waals surface area contributed by atoms with Crippen LogP contribution in [0.2, 0.25) is 0 Å². The summed E-state index contributed by atoms with van der Waals surface area (Å²) in [5, 5.41) is 10.5. The molecule has 0 aliphatic rings. The van der Waals surface area contributed by atoms with Gasteiger partial charge in [0.15, 0.2) is 5.82 Å². The molecule has 0 saturated heterocycles. The van der Waals surface area contributed by atoms with Crippen LogP contribution in [-0.4, -0.2) is 25.2 Å². The van der Waals surface area contributed by atoms with Crippen molar-refractivity contribution in [2.75, 3.05) is 11.3 Å². The predicted octanol–water partition coefficient (Wildman–Crippen LogP) is 2.21. The summed E-state index contributed by atoms with van der Waals surface area (Å²) in [4.78, 5) is 1.15. The van der Waals surface area contributed by atoms with Gasteiger partial charge in [-0.3, -0.25) is 4.72 Å². The third kappa shape index (κ3) is 3.75. The Hall–Kier alpha value is -1.03. The van der Waals surface area contributed by atoms with Crippen LogP contribution < -0.4 is 10.0 Å². The summed E-state index contributed by atoms with van der Waals surface area (Å²) >= 11 is 4.68. The topological polar surface area (TPSA) is 84.0 Å². The van der Waals surface area contributed by atoms with Crippen molar-refractivity contribution >= 4 is 43.1 Å². The molecule has 0 radical (unpaired) electrons. The van der Waals surface area contributed by atoms with Crippen molar-refractivity contribution in [2.45, 2.75) is 18.4 Å². The maximum atomic E-state index is 12.3. The van der Waals surface area contributed by atoms with Crippen molar-refractivity contribution in [1.82, 2.24) is 15.5 Å². The highest BCUT2D eigenvalue weighted by molar-refractivity contribution is 9.11. The highest BCUT2D eigenvalue weighted by Gasteiger charge is 2.21. The molecule has 2 N–H and O–H groups in total. The Balaban J connectivity index is 2.23. The summed E-state index contributed by atoms with van der Waals surface area (Å²) in [5.41, 5.74) is 0. The van der Waals surface area contributed by atoms with Crippen molar-refractivity contribution < 1.29 is 8.42 Å². The molecule has 2 aromatic heterocycles. The Bertz CT molecular complexity index is 673. The molecule has 6 nitrogen and oxygen atoms in total. The second kappa shape index (κ2) is 6.61. The second-order valence-corrected chi connectivity index (χ2v) is 7.95. The van der Waals surface area contributed by atoms with Gasteiger partial charge in [0.2, 0.25) is 0 Å². The molecule has 0 aliphatic carbocycles. The predicted molar refractivity (Wildman–Crippen MR) is 82.2 cm³/mol. The number of hydrogen-bond donors (Lipinski definition) is 2. The van der Waals surface area contributed by atoms with Gasteiger partial charge in [0.1, 0.15) is 4.90 Å². The molecule has 0 unspecified atom stereocenters. The van der Waals surface area contributed by atoms with E-state index in [4.69, 9.17) is 0 Å². The number of aromatic nitrogens is 2. The summed E-state index contributed by atoms with van der Waals surface area (Å²) in [7, 11) is -3.66. The van der Waals surface area contributed by atoms with E-state index in [1.54, 1.807) is 18.2 Å². The number of rotatable bonds is 6. The number of anilines is 1. The maximum absolute atomic E-state index is 12.3. The van der Waals surface area contributed by atoms with Crippen molar-refractivity contribution in [3.05, 3.63) is 33.1 Å². The van der Waals surface area contributed by atoms with Gasteiger partial charge in [-0.25, -0.2) is 8.42 Å². The summed E-state index contributed by atoms with van der Waals surface area (Å²) in [6.45, 7) is 3.46. The van der Waals surface area contributed by atoms with Crippen LogP contribution in [0.4, 0.5) is 5.82 Å². The van der Waals surface area contributed by atoms with Crippen molar-refractivity contribution in [2.24, 2.45) is 0 Å². The van der Waals surface area contributed by atoms with E-state index in [9.17, 15) is 8.42 Å². The van der Waals surface area contributed by atoms with E-state index < -0.39 is 10.0 Å². The molecule has 0 aromatic carbocycles. The van der Waals surface area contributed by atoms with E-state index in [-0.39, 0.29) is 10.7 Å². The van der Waals surface area contributed by atoms with E-state index in [0.29, 0.717) is 10.3 Å². The van der Waals surface area contributed by atoms with E-state index >= 15 is 0 Å². The third-order valence-corrected chi connectivity index (χ3v) is 5.96.